The van der Waals surface area contributed by atoms with E-state index in [2.05, 4.69) is 36.4 Å². The van der Waals surface area contributed by atoms with E-state index in [0.29, 0.717) is 5.91 Å². The molecule has 0 radical (unpaired) electrons. The Morgan fingerprint density at radius 1 is 1.19 bits per heavy atom. The lowest BCUT2D eigenvalue weighted by Crippen LogP contribution is -2.41. The molecule has 1 atom stereocenters. The van der Waals surface area contributed by atoms with Crippen LogP contribution in [0.2, 0.25) is 0 Å². The van der Waals surface area contributed by atoms with Crippen molar-refractivity contribution in [1.29, 1.82) is 0 Å². The minimum Gasteiger partial charge on any atom is -0.342 e. The monoisotopic (exact) mass is 432 g/mol. The van der Waals surface area contributed by atoms with E-state index in [9.17, 15) is 4.79 Å². The van der Waals surface area contributed by atoms with Crippen LogP contribution in [0.15, 0.2) is 30.7 Å². The lowest BCUT2D eigenvalue weighted by molar-refractivity contribution is -0.136. The summed E-state index contributed by atoms with van der Waals surface area (Å²) in [5, 5.41) is 12.7. The zero-order chi connectivity index (χ0) is 20.8. The Balaban J connectivity index is 1.30. The topological polar surface area (TPSA) is 86.8 Å². The summed E-state index contributed by atoms with van der Waals surface area (Å²) in [6.07, 6.45) is 9.61. The van der Waals surface area contributed by atoms with Crippen molar-refractivity contribution in [2.75, 3.05) is 18.4 Å². The summed E-state index contributed by atoms with van der Waals surface area (Å²) in [7, 11) is 0. The third-order valence-corrected chi connectivity index (χ3v) is 7.73. The highest BCUT2D eigenvalue weighted by Gasteiger charge is 2.32. The molecule has 4 aromatic rings. The van der Waals surface area contributed by atoms with E-state index in [0.717, 1.165) is 77.8 Å². The van der Waals surface area contributed by atoms with Gasteiger partial charge in [-0.2, -0.15) is 5.10 Å². The van der Waals surface area contributed by atoms with E-state index in [1.54, 1.807) is 17.7 Å². The third kappa shape index (κ3) is 3.35. The number of H-pyrrole nitrogens is 1. The molecule has 1 aromatic carbocycles. The molecule has 2 N–H and O–H groups in total. The number of nitrogens with zero attached hydrogens (tertiary/aromatic N) is 4. The molecule has 7 nitrogen and oxygen atoms in total. The lowest BCUT2D eigenvalue weighted by Gasteiger charge is -2.32. The molecule has 1 unspecified atom stereocenters. The SMILES string of the molecule is O=C(C1CCc2c(sc3ncnc(Nc4ccc5[nH]ncc5c4)c23)C1)N1CCCCC1. The van der Waals surface area contributed by atoms with Crippen molar-refractivity contribution >= 4 is 49.9 Å². The van der Waals surface area contributed by atoms with Crippen molar-refractivity contribution in [3.8, 4) is 0 Å². The van der Waals surface area contributed by atoms with Gasteiger partial charge in [0.1, 0.15) is 17.0 Å². The van der Waals surface area contributed by atoms with Crippen LogP contribution >= 0.6 is 11.3 Å². The lowest BCUT2D eigenvalue weighted by atomic mass is 9.86. The number of piperidine rings is 1. The smallest absolute Gasteiger partial charge is 0.226 e. The maximum atomic E-state index is 13.1. The first kappa shape index (κ1) is 18.7. The van der Waals surface area contributed by atoms with Crippen molar-refractivity contribution in [3.05, 3.63) is 41.2 Å². The standard InChI is InChI=1S/C23H24N6OS/c30-23(29-8-2-1-3-9-29)14-4-6-17-19(11-14)31-22-20(17)21(24-13-25-22)27-16-5-7-18-15(10-16)12-26-28-18/h5,7,10,12-14H,1-4,6,8-9,11H2,(H,26,28)(H,24,25,27). The zero-order valence-corrected chi connectivity index (χ0v) is 18.0. The van der Waals surface area contributed by atoms with Crippen LogP contribution in [0.3, 0.4) is 0 Å². The first-order chi connectivity index (χ1) is 15.3. The summed E-state index contributed by atoms with van der Waals surface area (Å²) in [5.41, 5.74) is 3.30. The van der Waals surface area contributed by atoms with E-state index >= 15 is 0 Å². The summed E-state index contributed by atoms with van der Waals surface area (Å²) in [4.78, 5) is 26.5. The number of carbonyl (C=O) groups is 1. The average Bonchev–Trinajstić information content (AvgIpc) is 3.43. The second kappa shape index (κ2) is 7.60. The summed E-state index contributed by atoms with van der Waals surface area (Å²) in [6, 6.07) is 6.11. The van der Waals surface area contributed by atoms with Gasteiger partial charge in [0.2, 0.25) is 5.91 Å². The molecule has 4 heterocycles. The highest BCUT2D eigenvalue weighted by molar-refractivity contribution is 7.19. The van der Waals surface area contributed by atoms with E-state index in [4.69, 9.17) is 0 Å². The molecule has 1 aliphatic heterocycles. The number of fused-ring (bicyclic) bond motifs is 4. The predicted octanol–water partition coefficient (Wildman–Crippen LogP) is 4.43. The second-order valence-corrected chi connectivity index (χ2v) is 9.61. The molecule has 0 bridgehead atoms. The Labute approximate surface area is 183 Å². The molecule has 1 aliphatic carbocycles. The van der Waals surface area contributed by atoms with Gasteiger partial charge in [-0.25, -0.2) is 9.97 Å². The number of hydrogen-bond donors (Lipinski definition) is 2. The van der Waals surface area contributed by atoms with Crippen LogP contribution < -0.4 is 5.32 Å². The number of nitrogens with one attached hydrogen (secondary N) is 2. The maximum absolute atomic E-state index is 13.1. The number of aromatic nitrogens is 4. The third-order valence-electron chi connectivity index (χ3n) is 6.57. The molecule has 0 spiro atoms. The van der Waals surface area contributed by atoms with Gasteiger partial charge in [0.05, 0.1) is 17.1 Å². The number of aryl methyl sites for hydroxylation is 1. The summed E-state index contributed by atoms with van der Waals surface area (Å²) < 4.78 is 0. The van der Waals surface area contributed by atoms with Crippen LogP contribution in [0.4, 0.5) is 11.5 Å². The fourth-order valence-corrected chi connectivity index (χ4v) is 6.21. The zero-order valence-electron chi connectivity index (χ0n) is 17.2. The van der Waals surface area contributed by atoms with Crippen molar-refractivity contribution in [2.24, 2.45) is 5.92 Å². The van der Waals surface area contributed by atoms with Gasteiger partial charge in [0.15, 0.2) is 0 Å². The molecule has 1 fully saturated rings. The Bertz CT molecular complexity index is 1270. The highest BCUT2D eigenvalue weighted by Crippen LogP contribution is 2.41. The van der Waals surface area contributed by atoms with Gasteiger partial charge in [-0.1, -0.05) is 0 Å². The molecule has 1 amide bonds. The number of hydrogen-bond acceptors (Lipinski definition) is 6. The number of aromatic amines is 1. The Kier molecular flexibility index (Phi) is 4.60. The van der Waals surface area contributed by atoms with E-state index < -0.39 is 0 Å². The normalized spacial score (nSPS) is 19.0. The van der Waals surface area contributed by atoms with Crippen molar-refractivity contribution in [3.63, 3.8) is 0 Å². The molecule has 0 saturated carbocycles. The van der Waals surface area contributed by atoms with E-state index in [-0.39, 0.29) is 5.92 Å². The van der Waals surface area contributed by atoms with Gasteiger partial charge in [-0.3, -0.25) is 9.89 Å². The van der Waals surface area contributed by atoms with Crippen LogP contribution in [-0.4, -0.2) is 44.1 Å². The number of anilines is 2. The first-order valence-electron chi connectivity index (χ1n) is 11.0. The van der Waals surface area contributed by atoms with Gasteiger partial charge in [-0.15, -0.1) is 11.3 Å². The van der Waals surface area contributed by atoms with Gasteiger partial charge in [-0.05, 0) is 62.3 Å². The Hall–Kier alpha value is -3.00. The predicted molar refractivity (Wildman–Crippen MR) is 123 cm³/mol. The van der Waals surface area contributed by atoms with Crippen LogP contribution in [0, 0.1) is 5.92 Å². The molecule has 158 valence electrons. The Morgan fingerprint density at radius 2 is 2.10 bits per heavy atom. The maximum Gasteiger partial charge on any atom is 0.226 e. The summed E-state index contributed by atoms with van der Waals surface area (Å²) >= 11 is 1.72. The number of likely N-dealkylation sites (tertiary alicyclic amines) is 1. The van der Waals surface area contributed by atoms with Gasteiger partial charge in [0, 0.05) is 35.0 Å². The summed E-state index contributed by atoms with van der Waals surface area (Å²) in [6.45, 7) is 1.85. The van der Waals surface area contributed by atoms with Gasteiger partial charge >= 0.3 is 0 Å². The number of thiophene rings is 1. The van der Waals surface area contributed by atoms with E-state index in [1.807, 2.05) is 18.3 Å². The molecule has 2 aliphatic rings. The molecule has 31 heavy (non-hydrogen) atoms. The average molecular weight is 433 g/mol. The number of amides is 1. The minimum atomic E-state index is 0.103. The molecule has 1 saturated heterocycles. The second-order valence-electron chi connectivity index (χ2n) is 8.53. The molecule has 6 rings (SSSR count). The quantitative estimate of drug-likeness (QED) is 0.500. The van der Waals surface area contributed by atoms with Crippen LogP contribution in [-0.2, 0) is 17.6 Å². The van der Waals surface area contributed by atoms with Crippen LogP contribution in [0.25, 0.3) is 21.1 Å². The van der Waals surface area contributed by atoms with Gasteiger partial charge < -0.3 is 10.2 Å². The van der Waals surface area contributed by atoms with Gasteiger partial charge in [0.25, 0.3) is 0 Å². The molecular formula is C23H24N6OS. The highest BCUT2D eigenvalue weighted by atomic mass is 32.1. The first-order valence-corrected chi connectivity index (χ1v) is 11.8. The van der Waals surface area contributed by atoms with E-state index in [1.165, 1.54) is 16.9 Å². The number of carbonyl (C=O) groups excluding carboxylic acids is 1. The number of benzene rings is 1. The van der Waals surface area contributed by atoms with Crippen molar-refractivity contribution < 1.29 is 4.79 Å². The van der Waals surface area contributed by atoms with Crippen molar-refractivity contribution in [2.45, 2.75) is 38.5 Å². The molecule has 8 heteroatoms. The molecule has 3 aromatic heterocycles. The number of rotatable bonds is 3. The fourth-order valence-electron chi connectivity index (χ4n) is 4.95. The van der Waals surface area contributed by atoms with Crippen LogP contribution in [0.1, 0.15) is 36.1 Å². The summed E-state index contributed by atoms with van der Waals surface area (Å²) in [5.74, 6) is 1.29. The van der Waals surface area contributed by atoms with Crippen LogP contribution in [0.5, 0.6) is 0 Å². The van der Waals surface area contributed by atoms with Crippen molar-refractivity contribution in [1.82, 2.24) is 25.1 Å². The fraction of sp³-hybridized carbons (Fsp3) is 0.391. The Morgan fingerprint density at radius 3 is 3.00 bits per heavy atom. The minimum absolute atomic E-state index is 0.103. The largest absolute Gasteiger partial charge is 0.342 e. The molecular weight excluding hydrogens is 408 g/mol.